The minimum absolute atomic E-state index is 0.0981. The van der Waals surface area contributed by atoms with Crippen molar-refractivity contribution in [3.8, 4) is 0 Å². The second kappa shape index (κ2) is 8.83. The molecule has 5 nitrogen and oxygen atoms in total. The first-order chi connectivity index (χ1) is 8.26. The third kappa shape index (κ3) is 6.33. The quantitative estimate of drug-likeness (QED) is 0.593. The molecule has 1 aliphatic heterocycles. The fraction of sp³-hybridized carbons (Fsp3) is 1.00. The number of nitrogens with zero attached hydrogens (tertiary/aromatic N) is 2. The minimum atomic E-state index is 0.0981. The molecule has 1 N–H and O–H groups in total. The predicted octanol–water partition coefficient (Wildman–Crippen LogP) is -0.352. The average molecular weight is 246 g/mol. The first kappa shape index (κ1) is 14.9. The van der Waals surface area contributed by atoms with E-state index in [9.17, 15) is 0 Å². The summed E-state index contributed by atoms with van der Waals surface area (Å²) in [5, 5.41) is 8.58. The van der Waals surface area contributed by atoms with Gasteiger partial charge in [0.15, 0.2) is 0 Å². The predicted molar refractivity (Wildman–Crippen MR) is 67.3 cm³/mol. The van der Waals surface area contributed by atoms with Crippen molar-refractivity contribution in [2.45, 2.75) is 13.0 Å². The largest absolute Gasteiger partial charge is 0.394 e. The molecule has 1 heterocycles. The Balaban J connectivity index is 2.10. The zero-order chi connectivity index (χ0) is 12.5. The number of rotatable bonds is 8. The van der Waals surface area contributed by atoms with Gasteiger partial charge in [0, 0.05) is 26.2 Å². The van der Waals surface area contributed by atoms with Crippen LogP contribution in [0.25, 0.3) is 0 Å². The van der Waals surface area contributed by atoms with E-state index in [1.807, 2.05) is 0 Å². The summed E-state index contributed by atoms with van der Waals surface area (Å²) in [6, 6.07) is 0. The molecule has 0 aromatic rings. The molecule has 0 radical (unpaired) electrons. The van der Waals surface area contributed by atoms with Crippen LogP contribution >= 0.6 is 0 Å². The number of morpholine rings is 1. The van der Waals surface area contributed by atoms with Crippen LogP contribution in [0, 0.1) is 0 Å². The van der Waals surface area contributed by atoms with Crippen molar-refractivity contribution in [1.82, 2.24) is 9.80 Å². The number of aliphatic hydroxyl groups is 1. The van der Waals surface area contributed by atoms with E-state index in [0.717, 1.165) is 39.3 Å². The smallest absolute Gasteiger partial charge is 0.0829 e. The van der Waals surface area contributed by atoms with Crippen LogP contribution in [0.5, 0.6) is 0 Å². The van der Waals surface area contributed by atoms with E-state index >= 15 is 0 Å². The standard InChI is InChI=1S/C12H26N2O3/c1-3-14-5-8-17-12(11-14)10-13(2)4-7-16-9-6-15/h12,15H,3-11H2,1-2H3. The minimum Gasteiger partial charge on any atom is -0.394 e. The van der Waals surface area contributed by atoms with E-state index in [-0.39, 0.29) is 6.61 Å². The van der Waals surface area contributed by atoms with Gasteiger partial charge in [0.1, 0.15) is 0 Å². The molecule has 5 heteroatoms. The Morgan fingerprint density at radius 1 is 1.47 bits per heavy atom. The molecule has 102 valence electrons. The molecular weight excluding hydrogens is 220 g/mol. The lowest BCUT2D eigenvalue weighted by Gasteiger charge is -2.34. The van der Waals surface area contributed by atoms with Crippen LogP contribution in [0.4, 0.5) is 0 Å². The van der Waals surface area contributed by atoms with Gasteiger partial charge in [-0.1, -0.05) is 6.92 Å². The lowest BCUT2D eigenvalue weighted by Crippen LogP contribution is -2.47. The van der Waals surface area contributed by atoms with E-state index < -0.39 is 0 Å². The van der Waals surface area contributed by atoms with Crippen LogP contribution < -0.4 is 0 Å². The molecular formula is C12H26N2O3. The van der Waals surface area contributed by atoms with Crippen molar-refractivity contribution in [2.24, 2.45) is 0 Å². The first-order valence-corrected chi connectivity index (χ1v) is 6.47. The maximum Gasteiger partial charge on any atom is 0.0829 e. The van der Waals surface area contributed by atoms with Gasteiger partial charge in [-0.2, -0.15) is 0 Å². The highest BCUT2D eigenvalue weighted by atomic mass is 16.5. The van der Waals surface area contributed by atoms with Crippen molar-refractivity contribution in [3.63, 3.8) is 0 Å². The van der Waals surface area contributed by atoms with Crippen molar-refractivity contribution < 1.29 is 14.6 Å². The van der Waals surface area contributed by atoms with Gasteiger partial charge < -0.3 is 19.5 Å². The summed E-state index contributed by atoms with van der Waals surface area (Å²) < 4.78 is 11.0. The molecule has 1 atom stereocenters. The number of hydrogen-bond acceptors (Lipinski definition) is 5. The Morgan fingerprint density at radius 3 is 3.00 bits per heavy atom. The highest BCUT2D eigenvalue weighted by Crippen LogP contribution is 2.05. The normalized spacial score (nSPS) is 22.2. The van der Waals surface area contributed by atoms with E-state index in [0.29, 0.717) is 19.3 Å². The van der Waals surface area contributed by atoms with Crippen molar-refractivity contribution in [3.05, 3.63) is 0 Å². The monoisotopic (exact) mass is 246 g/mol. The highest BCUT2D eigenvalue weighted by molar-refractivity contribution is 4.73. The second-order valence-electron chi connectivity index (χ2n) is 4.48. The first-order valence-electron chi connectivity index (χ1n) is 6.47. The van der Waals surface area contributed by atoms with Crippen molar-refractivity contribution in [1.29, 1.82) is 0 Å². The summed E-state index contributed by atoms with van der Waals surface area (Å²) in [5.41, 5.74) is 0. The van der Waals surface area contributed by atoms with Gasteiger partial charge >= 0.3 is 0 Å². The number of ether oxygens (including phenoxy) is 2. The molecule has 0 spiro atoms. The maximum atomic E-state index is 8.58. The van der Waals surface area contributed by atoms with Crippen molar-refractivity contribution in [2.75, 3.05) is 66.2 Å². The molecule has 1 rings (SSSR count). The number of hydrogen-bond donors (Lipinski definition) is 1. The van der Waals surface area contributed by atoms with Gasteiger partial charge in [-0.05, 0) is 13.6 Å². The van der Waals surface area contributed by atoms with Gasteiger partial charge in [-0.25, -0.2) is 0 Å². The molecule has 1 fully saturated rings. The summed E-state index contributed by atoms with van der Waals surface area (Å²) >= 11 is 0. The second-order valence-corrected chi connectivity index (χ2v) is 4.48. The molecule has 0 aromatic heterocycles. The summed E-state index contributed by atoms with van der Waals surface area (Å²) in [6.07, 6.45) is 0.312. The van der Waals surface area contributed by atoms with E-state index in [4.69, 9.17) is 14.6 Å². The fourth-order valence-electron chi connectivity index (χ4n) is 2.00. The zero-order valence-electron chi connectivity index (χ0n) is 11.1. The molecule has 0 bridgehead atoms. The molecule has 0 aromatic carbocycles. The summed E-state index contributed by atoms with van der Waals surface area (Å²) in [6.45, 7) is 9.23. The van der Waals surface area contributed by atoms with E-state index in [1.165, 1.54) is 0 Å². The van der Waals surface area contributed by atoms with Gasteiger partial charge in [0.25, 0.3) is 0 Å². The molecule has 1 saturated heterocycles. The highest BCUT2D eigenvalue weighted by Gasteiger charge is 2.20. The van der Waals surface area contributed by atoms with Crippen LogP contribution in [0.2, 0.25) is 0 Å². The topological polar surface area (TPSA) is 45.2 Å². The van der Waals surface area contributed by atoms with Crippen molar-refractivity contribution >= 4 is 0 Å². The van der Waals surface area contributed by atoms with Gasteiger partial charge in [-0.15, -0.1) is 0 Å². The Labute approximate surface area is 104 Å². The fourth-order valence-corrected chi connectivity index (χ4v) is 2.00. The van der Waals surface area contributed by atoms with Crippen LogP contribution in [0.15, 0.2) is 0 Å². The molecule has 0 aliphatic carbocycles. The van der Waals surface area contributed by atoms with Crippen LogP contribution in [0.1, 0.15) is 6.92 Å². The Hall–Kier alpha value is -0.200. The van der Waals surface area contributed by atoms with E-state index in [1.54, 1.807) is 0 Å². The summed E-state index contributed by atoms with van der Waals surface area (Å²) in [5.74, 6) is 0. The molecule has 1 unspecified atom stereocenters. The number of likely N-dealkylation sites (N-methyl/N-ethyl adjacent to an activating group) is 2. The Kier molecular flexibility index (Phi) is 7.72. The van der Waals surface area contributed by atoms with Gasteiger partial charge in [0.05, 0.1) is 32.5 Å². The summed E-state index contributed by atoms with van der Waals surface area (Å²) in [4.78, 5) is 4.64. The van der Waals surface area contributed by atoms with Gasteiger partial charge in [0.2, 0.25) is 0 Å². The van der Waals surface area contributed by atoms with Crippen LogP contribution in [-0.2, 0) is 9.47 Å². The third-order valence-electron chi connectivity index (χ3n) is 3.04. The Morgan fingerprint density at radius 2 is 2.29 bits per heavy atom. The van der Waals surface area contributed by atoms with Crippen LogP contribution in [-0.4, -0.2) is 87.2 Å². The molecule has 0 saturated carbocycles. The number of aliphatic hydroxyl groups excluding tert-OH is 1. The molecule has 0 amide bonds. The molecule has 17 heavy (non-hydrogen) atoms. The zero-order valence-corrected chi connectivity index (χ0v) is 11.1. The van der Waals surface area contributed by atoms with Crippen LogP contribution in [0.3, 0.4) is 0 Å². The lowest BCUT2D eigenvalue weighted by molar-refractivity contribution is -0.0414. The SMILES string of the molecule is CCN1CCOC(CN(C)CCOCCO)C1. The average Bonchev–Trinajstić information content (AvgIpc) is 2.35. The summed E-state index contributed by atoms with van der Waals surface area (Å²) in [7, 11) is 2.08. The van der Waals surface area contributed by atoms with E-state index in [2.05, 4.69) is 23.8 Å². The third-order valence-corrected chi connectivity index (χ3v) is 3.04. The van der Waals surface area contributed by atoms with Gasteiger partial charge in [-0.3, -0.25) is 4.90 Å². The molecule has 1 aliphatic rings. The maximum absolute atomic E-state index is 8.58. The Bertz CT molecular complexity index is 193. The lowest BCUT2D eigenvalue weighted by atomic mass is 10.2.